The third-order valence-corrected chi connectivity index (χ3v) is 4.26. The van der Waals surface area contributed by atoms with Crippen LogP contribution in [0.3, 0.4) is 0 Å². The number of thioether (sulfide) groups is 1. The van der Waals surface area contributed by atoms with Gasteiger partial charge in [-0.1, -0.05) is 13.8 Å². The van der Waals surface area contributed by atoms with Gasteiger partial charge in [-0.3, -0.25) is 9.78 Å². The van der Waals surface area contributed by atoms with E-state index in [0.29, 0.717) is 12.8 Å². The maximum absolute atomic E-state index is 11.5. The average molecular weight is 297 g/mol. The highest BCUT2D eigenvalue weighted by Gasteiger charge is 2.35. The minimum atomic E-state index is -0.793. The molecule has 0 saturated carbocycles. The van der Waals surface area contributed by atoms with Crippen LogP contribution in [0.1, 0.15) is 39.5 Å². The molecule has 1 rings (SSSR count). The second-order valence-electron chi connectivity index (χ2n) is 4.66. The SMILES string of the molecule is CCCNC(CC)(CCCSc1cnccn1)C(=O)O. The fourth-order valence-electron chi connectivity index (χ4n) is 2.00. The van der Waals surface area contributed by atoms with E-state index in [1.807, 2.05) is 13.8 Å². The summed E-state index contributed by atoms with van der Waals surface area (Å²) in [6, 6.07) is 0. The van der Waals surface area contributed by atoms with Crippen molar-refractivity contribution in [3.8, 4) is 0 Å². The van der Waals surface area contributed by atoms with Gasteiger partial charge in [0, 0.05) is 12.4 Å². The third kappa shape index (κ3) is 5.09. The van der Waals surface area contributed by atoms with Crippen LogP contribution in [0.5, 0.6) is 0 Å². The molecule has 1 aromatic heterocycles. The zero-order chi connectivity index (χ0) is 14.8. The number of hydrogen-bond acceptors (Lipinski definition) is 5. The van der Waals surface area contributed by atoms with Gasteiger partial charge in [0.1, 0.15) is 10.6 Å². The standard InChI is InChI=1S/C14H23N3O2S/c1-3-7-17-14(4-2,13(18)19)6-5-10-20-12-11-15-8-9-16-12/h8-9,11,17H,3-7,10H2,1-2H3,(H,18,19). The summed E-state index contributed by atoms with van der Waals surface area (Å²) in [5.41, 5.74) is -0.793. The predicted octanol–water partition coefficient (Wildman–Crippen LogP) is 2.58. The van der Waals surface area contributed by atoms with Gasteiger partial charge in [0.25, 0.3) is 0 Å². The molecule has 2 N–H and O–H groups in total. The van der Waals surface area contributed by atoms with Crippen molar-refractivity contribution in [2.45, 2.75) is 50.1 Å². The van der Waals surface area contributed by atoms with Crippen LogP contribution in [0.4, 0.5) is 0 Å². The van der Waals surface area contributed by atoms with Gasteiger partial charge in [0.2, 0.25) is 0 Å². The Balaban J connectivity index is 2.44. The highest BCUT2D eigenvalue weighted by molar-refractivity contribution is 7.99. The lowest BCUT2D eigenvalue weighted by Gasteiger charge is -2.29. The van der Waals surface area contributed by atoms with Crippen LogP contribution in [-0.4, -0.2) is 38.9 Å². The molecule has 0 bridgehead atoms. The molecule has 5 nitrogen and oxygen atoms in total. The Morgan fingerprint density at radius 1 is 1.45 bits per heavy atom. The first-order valence-electron chi connectivity index (χ1n) is 7.02. The fourth-order valence-corrected chi connectivity index (χ4v) is 2.77. The van der Waals surface area contributed by atoms with Crippen LogP contribution in [0.25, 0.3) is 0 Å². The van der Waals surface area contributed by atoms with Gasteiger partial charge in [0.05, 0.1) is 6.20 Å². The molecule has 1 aromatic rings. The molecule has 0 aliphatic carbocycles. The summed E-state index contributed by atoms with van der Waals surface area (Å²) >= 11 is 1.61. The quantitative estimate of drug-likeness (QED) is 0.511. The summed E-state index contributed by atoms with van der Waals surface area (Å²) in [5.74, 6) is 0.0968. The van der Waals surface area contributed by atoms with Gasteiger partial charge in [0.15, 0.2) is 0 Å². The van der Waals surface area contributed by atoms with Crippen molar-refractivity contribution in [3.63, 3.8) is 0 Å². The van der Waals surface area contributed by atoms with Crippen molar-refractivity contribution >= 4 is 17.7 Å². The number of carboxylic acids is 1. The summed E-state index contributed by atoms with van der Waals surface area (Å²) in [7, 11) is 0. The number of carboxylic acid groups (broad SMARTS) is 1. The van der Waals surface area contributed by atoms with Crippen molar-refractivity contribution in [1.29, 1.82) is 0 Å². The highest BCUT2D eigenvalue weighted by atomic mass is 32.2. The molecule has 1 heterocycles. The summed E-state index contributed by atoms with van der Waals surface area (Å²) < 4.78 is 0. The first-order valence-corrected chi connectivity index (χ1v) is 8.00. The molecule has 20 heavy (non-hydrogen) atoms. The number of rotatable bonds is 10. The minimum absolute atomic E-state index is 0.595. The van der Waals surface area contributed by atoms with E-state index in [4.69, 9.17) is 0 Å². The lowest BCUT2D eigenvalue weighted by Crippen LogP contribution is -2.52. The van der Waals surface area contributed by atoms with Crippen LogP contribution in [-0.2, 0) is 4.79 Å². The molecule has 0 amide bonds. The monoisotopic (exact) mass is 297 g/mol. The molecule has 0 spiro atoms. The molecule has 1 unspecified atom stereocenters. The molecule has 112 valence electrons. The Hall–Kier alpha value is -1.14. The van der Waals surface area contributed by atoms with Crippen LogP contribution >= 0.6 is 11.8 Å². The smallest absolute Gasteiger partial charge is 0.323 e. The number of nitrogens with one attached hydrogen (secondary N) is 1. The fraction of sp³-hybridized carbons (Fsp3) is 0.643. The lowest BCUT2D eigenvalue weighted by molar-refractivity contribution is -0.145. The topological polar surface area (TPSA) is 75.1 Å². The van der Waals surface area contributed by atoms with Crippen molar-refractivity contribution < 1.29 is 9.90 Å². The van der Waals surface area contributed by atoms with E-state index in [2.05, 4.69) is 15.3 Å². The molecule has 6 heteroatoms. The molecular formula is C14H23N3O2S. The average Bonchev–Trinajstić information content (AvgIpc) is 2.47. The molecule has 0 aliphatic heterocycles. The van der Waals surface area contributed by atoms with Gasteiger partial charge < -0.3 is 10.4 Å². The maximum Gasteiger partial charge on any atom is 0.323 e. The predicted molar refractivity (Wildman–Crippen MR) is 80.9 cm³/mol. The molecule has 0 saturated heterocycles. The van der Waals surface area contributed by atoms with E-state index in [0.717, 1.165) is 30.2 Å². The maximum atomic E-state index is 11.5. The van der Waals surface area contributed by atoms with E-state index in [1.54, 1.807) is 30.4 Å². The number of carbonyl (C=O) groups is 1. The normalized spacial score (nSPS) is 13.9. The Morgan fingerprint density at radius 2 is 2.25 bits per heavy atom. The lowest BCUT2D eigenvalue weighted by atomic mass is 9.90. The number of aromatic nitrogens is 2. The molecule has 0 radical (unpaired) electrons. The van der Waals surface area contributed by atoms with Gasteiger partial charge in [-0.25, -0.2) is 4.98 Å². The zero-order valence-electron chi connectivity index (χ0n) is 12.1. The van der Waals surface area contributed by atoms with Crippen LogP contribution in [0, 0.1) is 0 Å². The Labute approximate surface area is 124 Å². The summed E-state index contributed by atoms with van der Waals surface area (Å²) in [4.78, 5) is 19.7. The van der Waals surface area contributed by atoms with Gasteiger partial charge in [-0.2, -0.15) is 0 Å². The van der Waals surface area contributed by atoms with Crippen LogP contribution in [0.2, 0.25) is 0 Å². The first-order chi connectivity index (χ1) is 9.64. The van der Waals surface area contributed by atoms with Crippen molar-refractivity contribution in [1.82, 2.24) is 15.3 Å². The summed E-state index contributed by atoms with van der Waals surface area (Å²) in [5, 5.41) is 13.6. The number of aliphatic carboxylic acids is 1. The third-order valence-electron chi connectivity index (χ3n) is 3.26. The van der Waals surface area contributed by atoms with E-state index in [1.165, 1.54) is 0 Å². The van der Waals surface area contributed by atoms with Crippen LogP contribution < -0.4 is 5.32 Å². The molecule has 0 aromatic carbocycles. The van der Waals surface area contributed by atoms with E-state index >= 15 is 0 Å². The first kappa shape index (κ1) is 16.9. The largest absolute Gasteiger partial charge is 0.480 e. The summed E-state index contributed by atoms with van der Waals surface area (Å²) in [6.45, 7) is 4.70. The van der Waals surface area contributed by atoms with Crippen molar-refractivity contribution in [3.05, 3.63) is 18.6 Å². The van der Waals surface area contributed by atoms with Gasteiger partial charge >= 0.3 is 5.97 Å². The molecule has 0 aliphatic rings. The molecule has 1 atom stereocenters. The Kier molecular flexibility index (Phi) is 7.54. The number of nitrogens with zero attached hydrogens (tertiary/aromatic N) is 2. The van der Waals surface area contributed by atoms with Crippen LogP contribution in [0.15, 0.2) is 23.6 Å². The van der Waals surface area contributed by atoms with Crippen molar-refractivity contribution in [2.24, 2.45) is 0 Å². The second-order valence-corrected chi connectivity index (χ2v) is 5.78. The Morgan fingerprint density at radius 3 is 2.80 bits per heavy atom. The zero-order valence-corrected chi connectivity index (χ0v) is 12.9. The number of hydrogen-bond donors (Lipinski definition) is 2. The van der Waals surface area contributed by atoms with E-state index in [-0.39, 0.29) is 0 Å². The van der Waals surface area contributed by atoms with Gasteiger partial charge in [-0.15, -0.1) is 11.8 Å². The summed E-state index contributed by atoms with van der Waals surface area (Å²) in [6.07, 6.45) is 8.03. The Bertz CT molecular complexity index is 403. The highest BCUT2D eigenvalue weighted by Crippen LogP contribution is 2.22. The molecular weight excluding hydrogens is 274 g/mol. The minimum Gasteiger partial charge on any atom is -0.480 e. The van der Waals surface area contributed by atoms with E-state index in [9.17, 15) is 9.90 Å². The van der Waals surface area contributed by atoms with E-state index < -0.39 is 11.5 Å². The second kappa shape index (κ2) is 8.92. The molecule has 0 fully saturated rings. The van der Waals surface area contributed by atoms with Crippen molar-refractivity contribution in [2.75, 3.05) is 12.3 Å². The van der Waals surface area contributed by atoms with Gasteiger partial charge in [-0.05, 0) is 38.0 Å².